The average Bonchev–Trinajstić information content (AvgIpc) is 3.23. The van der Waals surface area contributed by atoms with Gasteiger partial charge in [0.05, 0.1) is 15.4 Å². The first-order valence-electron chi connectivity index (χ1n) is 8.34. The fourth-order valence-corrected chi connectivity index (χ4v) is 3.13. The molecule has 1 amide bonds. The monoisotopic (exact) mass is 396 g/mol. The normalized spacial score (nSPS) is 11.5. The zero-order valence-corrected chi connectivity index (χ0v) is 15.6. The van der Waals surface area contributed by atoms with E-state index in [4.69, 9.17) is 4.74 Å². The van der Waals surface area contributed by atoms with Crippen LogP contribution in [0, 0.1) is 10.1 Å². The van der Waals surface area contributed by atoms with E-state index in [2.05, 4.69) is 5.32 Å². The number of rotatable bonds is 6. The fourth-order valence-electron chi connectivity index (χ4n) is 2.51. The number of benzene rings is 2. The van der Waals surface area contributed by atoms with Crippen molar-refractivity contribution < 1.29 is 19.2 Å². The second kappa shape index (κ2) is 8.45. The highest BCUT2D eigenvalue weighted by molar-refractivity contribution is 7.12. The number of carbonyl (C=O) groups excluding carboxylic acids is 2. The first-order chi connectivity index (χ1) is 13.4. The Morgan fingerprint density at radius 3 is 2.61 bits per heavy atom. The first kappa shape index (κ1) is 19.2. The molecule has 0 unspecified atom stereocenters. The third-order valence-electron chi connectivity index (χ3n) is 3.94. The maximum absolute atomic E-state index is 12.4. The van der Waals surface area contributed by atoms with Crippen molar-refractivity contribution in [1.29, 1.82) is 0 Å². The summed E-state index contributed by atoms with van der Waals surface area (Å²) in [4.78, 5) is 35.5. The number of esters is 1. The molecule has 1 atom stereocenters. The van der Waals surface area contributed by atoms with E-state index in [-0.39, 0.29) is 17.2 Å². The Morgan fingerprint density at radius 1 is 1.11 bits per heavy atom. The summed E-state index contributed by atoms with van der Waals surface area (Å²) in [5.41, 5.74) is 1.18. The third-order valence-corrected chi connectivity index (χ3v) is 4.80. The number of nitrogens with zero attached hydrogens (tertiary/aromatic N) is 1. The lowest BCUT2D eigenvalue weighted by Gasteiger charge is -2.14. The molecule has 1 heterocycles. The van der Waals surface area contributed by atoms with Gasteiger partial charge in [-0.3, -0.25) is 14.9 Å². The van der Waals surface area contributed by atoms with Gasteiger partial charge in [-0.25, -0.2) is 4.79 Å². The summed E-state index contributed by atoms with van der Waals surface area (Å²) in [6.45, 7) is 1.64. The largest absolute Gasteiger partial charge is 0.454 e. The molecule has 7 nitrogen and oxygen atoms in total. The topological polar surface area (TPSA) is 98.5 Å². The van der Waals surface area contributed by atoms with Crippen molar-refractivity contribution in [2.24, 2.45) is 0 Å². The van der Waals surface area contributed by atoms with E-state index in [1.54, 1.807) is 54.8 Å². The molecule has 0 spiro atoms. The van der Waals surface area contributed by atoms with E-state index in [0.29, 0.717) is 16.1 Å². The van der Waals surface area contributed by atoms with Crippen LogP contribution in [0.3, 0.4) is 0 Å². The molecule has 3 aromatic rings. The molecule has 3 rings (SSSR count). The van der Waals surface area contributed by atoms with Crippen LogP contribution < -0.4 is 5.32 Å². The van der Waals surface area contributed by atoms with Crippen molar-refractivity contribution >= 4 is 34.6 Å². The highest BCUT2D eigenvalue weighted by Crippen LogP contribution is 2.23. The van der Waals surface area contributed by atoms with Gasteiger partial charge in [-0.05, 0) is 42.1 Å². The Bertz CT molecular complexity index is 1020. The van der Waals surface area contributed by atoms with Gasteiger partial charge in [-0.1, -0.05) is 24.3 Å². The summed E-state index contributed by atoms with van der Waals surface area (Å²) in [5, 5.41) is 15.4. The Kier molecular flexibility index (Phi) is 5.81. The van der Waals surface area contributed by atoms with E-state index in [9.17, 15) is 19.7 Å². The SMILES string of the molecule is C[C@H](OC(=O)c1cccc(NC(=O)c2cccs2)c1)c1cccc([N+](=O)[O-])c1. The molecule has 142 valence electrons. The zero-order chi connectivity index (χ0) is 20.1. The number of anilines is 1. The third kappa shape index (κ3) is 4.60. The number of hydrogen-bond acceptors (Lipinski definition) is 6. The number of nitrogens with one attached hydrogen (secondary N) is 1. The van der Waals surface area contributed by atoms with Crippen LogP contribution in [0.4, 0.5) is 11.4 Å². The van der Waals surface area contributed by atoms with Gasteiger partial charge in [0.25, 0.3) is 11.6 Å². The highest BCUT2D eigenvalue weighted by atomic mass is 32.1. The number of nitro groups is 1. The summed E-state index contributed by atoms with van der Waals surface area (Å²) in [5.74, 6) is -0.850. The molecule has 8 heteroatoms. The van der Waals surface area contributed by atoms with Crippen molar-refractivity contribution in [1.82, 2.24) is 0 Å². The number of nitro benzene ring substituents is 1. The lowest BCUT2D eigenvalue weighted by molar-refractivity contribution is -0.385. The van der Waals surface area contributed by atoms with Gasteiger partial charge in [0, 0.05) is 17.8 Å². The molecule has 0 aliphatic carbocycles. The molecule has 28 heavy (non-hydrogen) atoms. The molecule has 1 N–H and O–H groups in total. The summed E-state index contributed by atoms with van der Waals surface area (Å²) >= 11 is 1.32. The minimum Gasteiger partial charge on any atom is -0.454 e. The minimum atomic E-state index is -0.670. The van der Waals surface area contributed by atoms with Gasteiger partial charge in [0.1, 0.15) is 6.10 Å². The number of carbonyl (C=O) groups is 2. The van der Waals surface area contributed by atoms with Gasteiger partial charge in [0.15, 0.2) is 0 Å². The predicted octanol–water partition coefficient (Wildman–Crippen LogP) is 4.83. The Balaban J connectivity index is 1.70. The molecule has 0 fully saturated rings. The van der Waals surface area contributed by atoms with Crippen LogP contribution in [0.5, 0.6) is 0 Å². The standard InChI is InChI=1S/C20H16N2O5S/c1-13(14-5-3-8-17(12-14)22(25)26)27-20(24)15-6-2-7-16(11-15)21-19(23)18-9-4-10-28-18/h2-13H,1H3,(H,21,23)/t13-/m0/s1. The quantitative estimate of drug-likeness (QED) is 0.366. The maximum atomic E-state index is 12.4. The van der Waals surface area contributed by atoms with Crippen LogP contribution >= 0.6 is 11.3 Å². The van der Waals surface area contributed by atoms with Crippen molar-refractivity contribution in [3.8, 4) is 0 Å². The lowest BCUT2D eigenvalue weighted by atomic mass is 10.1. The van der Waals surface area contributed by atoms with Crippen molar-refractivity contribution in [3.63, 3.8) is 0 Å². The first-order valence-corrected chi connectivity index (χ1v) is 9.22. The van der Waals surface area contributed by atoms with E-state index >= 15 is 0 Å². The van der Waals surface area contributed by atoms with Crippen molar-refractivity contribution in [2.45, 2.75) is 13.0 Å². The second-order valence-electron chi connectivity index (χ2n) is 5.91. The van der Waals surface area contributed by atoms with Crippen LogP contribution in [0.2, 0.25) is 0 Å². The van der Waals surface area contributed by atoms with E-state index in [1.165, 1.54) is 29.5 Å². The number of hydrogen-bond donors (Lipinski definition) is 1. The summed E-state index contributed by atoms with van der Waals surface area (Å²) in [6.07, 6.45) is -0.670. The molecule has 0 bridgehead atoms. The summed E-state index contributed by atoms with van der Waals surface area (Å²) in [6, 6.07) is 15.8. The Hall–Kier alpha value is -3.52. The molecule has 1 aromatic heterocycles. The second-order valence-corrected chi connectivity index (χ2v) is 6.86. The van der Waals surface area contributed by atoms with Gasteiger partial charge >= 0.3 is 5.97 Å². The maximum Gasteiger partial charge on any atom is 0.338 e. The molecule has 2 aromatic carbocycles. The van der Waals surface area contributed by atoms with Gasteiger partial charge in [-0.2, -0.15) is 0 Å². The molecule has 0 aliphatic rings. The van der Waals surface area contributed by atoms with E-state index in [0.717, 1.165) is 0 Å². The number of amides is 1. The van der Waals surface area contributed by atoms with Crippen LogP contribution in [-0.2, 0) is 4.74 Å². The lowest BCUT2D eigenvalue weighted by Crippen LogP contribution is -2.12. The Labute approximate surface area is 164 Å². The predicted molar refractivity (Wildman–Crippen MR) is 106 cm³/mol. The van der Waals surface area contributed by atoms with Crippen LogP contribution in [-0.4, -0.2) is 16.8 Å². The molecule has 0 aliphatic heterocycles. The average molecular weight is 396 g/mol. The minimum absolute atomic E-state index is 0.0707. The van der Waals surface area contributed by atoms with Gasteiger partial charge in [-0.15, -0.1) is 11.3 Å². The molecular formula is C20H16N2O5S. The van der Waals surface area contributed by atoms with Crippen molar-refractivity contribution in [2.75, 3.05) is 5.32 Å². The van der Waals surface area contributed by atoms with E-state index < -0.39 is 17.0 Å². The van der Waals surface area contributed by atoms with Crippen molar-refractivity contribution in [3.05, 3.63) is 92.2 Å². The van der Waals surface area contributed by atoms with Crippen LogP contribution in [0.25, 0.3) is 0 Å². The molecule has 0 radical (unpaired) electrons. The molecular weight excluding hydrogens is 380 g/mol. The number of non-ortho nitro benzene ring substituents is 1. The summed E-state index contributed by atoms with van der Waals surface area (Å²) < 4.78 is 5.42. The van der Waals surface area contributed by atoms with E-state index in [1.807, 2.05) is 0 Å². The van der Waals surface area contributed by atoms with Crippen LogP contribution in [0.1, 0.15) is 38.6 Å². The number of ether oxygens (including phenoxy) is 1. The van der Waals surface area contributed by atoms with Crippen LogP contribution in [0.15, 0.2) is 66.0 Å². The molecule has 0 saturated carbocycles. The Morgan fingerprint density at radius 2 is 1.89 bits per heavy atom. The number of thiophene rings is 1. The zero-order valence-electron chi connectivity index (χ0n) is 14.8. The fraction of sp³-hybridized carbons (Fsp3) is 0.100. The van der Waals surface area contributed by atoms with Gasteiger partial charge < -0.3 is 10.1 Å². The summed E-state index contributed by atoms with van der Waals surface area (Å²) in [7, 11) is 0. The van der Waals surface area contributed by atoms with Gasteiger partial charge in [0.2, 0.25) is 0 Å². The molecule has 0 saturated heterocycles. The smallest absolute Gasteiger partial charge is 0.338 e. The highest BCUT2D eigenvalue weighted by Gasteiger charge is 2.17.